The average molecular weight is 338 g/mol. The Kier molecular flexibility index (Phi) is 4.93. The number of benzene rings is 1. The van der Waals surface area contributed by atoms with Crippen molar-refractivity contribution < 1.29 is 26.4 Å². The second-order valence-electron chi connectivity index (χ2n) is 5.45. The standard InChI is InChI=1S/C13H17F3N2O3S/c1-8(19)17-9-5-6-11(10(14)7-9)22(20,21)18-12(2,3)13(4,15)16/h5-7,18H,1-4H3,(H,17,19). The lowest BCUT2D eigenvalue weighted by Gasteiger charge is -2.31. The maximum absolute atomic E-state index is 13.9. The highest BCUT2D eigenvalue weighted by atomic mass is 32.2. The summed E-state index contributed by atoms with van der Waals surface area (Å²) in [4.78, 5) is 10.1. The molecule has 1 aromatic carbocycles. The highest BCUT2D eigenvalue weighted by molar-refractivity contribution is 7.89. The molecule has 0 bridgehead atoms. The van der Waals surface area contributed by atoms with Gasteiger partial charge < -0.3 is 5.32 Å². The Hall–Kier alpha value is -1.61. The van der Waals surface area contributed by atoms with Gasteiger partial charge in [0.05, 0.1) is 5.54 Å². The van der Waals surface area contributed by atoms with Gasteiger partial charge >= 0.3 is 0 Å². The Morgan fingerprint density at radius 1 is 1.18 bits per heavy atom. The number of hydrogen-bond acceptors (Lipinski definition) is 3. The molecule has 0 aliphatic carbocycles. The number of hydrogen-bond donors (Lipinski definition) is 2. The summed E-state index contributed by atoms with van der Waals surface area (Å²) in [6.45, 7) is 3.75. The van der Waals surface area contributed by atoms with E-state index in [2.05, 4.69) is 5.32 Å². The summed E-state index contributed by atoms with van der Waals surface area (Å²) >= 11 is 0. The number of carbonyl (C=O) groups excluding carboxylic acids is 1. The Morgan fingerprint density at radius 2 is 1.73 bits per heavy atom. The number of sulfonamides is 1. The summed E-state index contributed by atoms with van der Waals surface area (Å²) < 4.78 is 66.6. The van der Waals surface area contributed by atoms with Gasteiger partial charge in [-0.3, -0.25) is 4.79 Å². The molecule has 0 aliphatic rings. The molecule has 0 heterocycles. The second-order valence-corrected chi connectivity index (χ2v) is 7.10. The van der Waals surface area contributed by atoms with Crippen molar-refractivity contribution in [1.29, 1.82) is 0 Å². The minimum Gasteiger partial charge on any atom is -0.326 e. The van der Waals surface area contributed by atoms with E-state index < -0.39 is 38.1 Å². The van der Waals surface area contributed by atoms with Gasteiger partial charge in [0.25, 0.3) is 5.92 Å². The first-order valence-corrected chi connectivity index (χ1v) is 7.73. The van der Waals surface area contributed by atoms with Gasteiger partial charge in [0, 0.05) is 19.5 Å². The van der Waals surface area contributed by atoms with E-state index in [1.165, 1.54) is 6.92 Å². The lowest BCUT2D eigenvalue weighted by molar-refractivity contribution is -0.114. The first kappa shape index (κ1) is 18.4. The van der Waals surface area contributed by atoms with E-state index in [9.17, 15) is 26.4 Å². The topological polar surface area (TPSA) is 75.3 Å². The van der Waals surface area contributed by atoms with Gasteiger partial charge in [-0.1, -0.05) is 0 Å². The zero-order chi connectivity index (χ0) is 17.3. The van der Waals surface area contributed by atoms with Crippen LogP contribution in [0.1, 0.15) is 27.7 Å². The molecule has 22 heavy (non-hydrogen) atoms. The van der Waals surface area contributed by atoms with Gasteiger partial charge in [-0.2, -0.15) is 4.72 Å². The molecule has 124 valence electrons. The van der Waals surface area contributed by atoms with Gasteiger partial charge in [0.1, 0.15) is 10.7 Å². The van der Waals surface area contributed by atoms with Crippen molar-refractivity contribution in [2.75, 3.05) is 5.32 Å². The monoisotopic (exact) mass is 338 g/mol. The summed E-state index contributed by atoms with van der Waals surface area (Å²) in [5.41, 5.74) is -2.04. The summed E-state index contributed by atoms with van der Waals surface area (Å²) in [5.74, 6) is -4.97. The maximum atomic E-state index is 13.9. The smallest absolute Gasteiger partial charge is 0.263 e. The quantitative estimate of drug-likeness (QED) is 0.866. The van der Waals surface area contributed by atoms with Crippen LogP contribution in [0.25, 0.3) is 0 Å². The number of halogens is 3. The van der Waals surface area contributed by atoms with Gasteiger partial charge in [0.15, 0.2) is 0 Å². The molecular weight excluding hydrogens is 321 g/mol. The normalized spacial score (nSPS) is 13.0. The van der Waals surface area contributed by atoms with E-state index in [0.717, 1.165) is 32.0 Å². The number of nitrogens with one attached hydrogen (secondary N) is 2. The van der Waals surface area contributed by atoms with Gasteiger partial charge in [-0.15, -0.1) is 0 Å². The fourth-order valence-electron chi connectivity index (χ4n) is 1.48. The molecule has 0 fully saturated rings. The zero-order valence-corrected chi connectivity index (χ0v) is 13.3. The molecule has 0 aromatic heterocycles. The largest absolute Gasteiger partial charge is 0.326 e. The lowest BCUT2D eigenvalue weighted by atomic mass is 10.00. The van der Waals surface area contributed by atoms with Crippen LogP contribution in [0.3, 0.4) is 0 Å². The summed E-state index contributed by atoms with van der Waals surface area (Å²) in [6.07, 6.45) is 0. The van der Waals surface area contributed by atoms with E-state index in [1.807, 2.05) is 0 Å². The van der Waals surface area contributed by atoms with Crippen molar-refractivity contribution in [3.05, 3.63) is 24.0 Å². The predicted molar refractivity (Wildman–Crippen MR) is 75.7 cm³/mol. The van der Waals surface area contributed by atoms with Crippen LogP contribution in [0.2, 0.25) is 0 Å². The summed E-state index contributed by atoms with van der Waals surface area (Å²) in [7, 11) is -4.49. The van der Waals surface area contributed by atoms with Crippen molar-refractivity contribution in [2.24, 2.45) is 0 Å². The fraction of sp³-hybridized carbons (Fsp3) is 0.462. The van der Waals surface area contributed by atoms with Gasteiger partial charge in [-0.25, -0.2) is 21.6 Å². The van der Waals surface area contributed by atoms with Crippen LogP contribution in [0.15, 0.2) is 23.1 Å². The third-order valence-corrected chi connectivity index (χ3v) is 4.72. The highest BCUT2D eigenvalue weighted by Crippen LogP contribution is 2.30. The molecule has 0 spiro atoms. The van der Waals surface area contributed by atoms with Crippen molar-refractivity contribution in [2.45, 2.75) is 44.1 Å². The van der Waals surface area contributed by atoms with E-state index in [-0.39, 0.29) is 5.69 Å². The third kappa shape index (κ3) is 4.20. The van der Waals surface area contributed by atoms with Crippen LogP contribution in [-0.4, -0.2) is 25.8 Å². The van der Waals surface area contributed by atoms with Crippen LogP contribution >= 0.6 is 0 Å². The molecule has 0 saturated heterocycles. The van der Waals surface area contributed by atoms with Crippen molar-refractivity contribution >= 4 is 21.6 Å². The number of rotatable bonds is 5. The Bertz CT molecular complexity index is 682. The molecule has 0 atom stereocenters. The third-order valence-electron chi connectivity index (χ3n) is 3.03. The van der Waals surface area contributed by atoms with Gasteiger partial charge in [-0.05, 0) is 32.0 Å². The van der Waals surface area contributed by atoms with Crippen LogP contribution < -0.4 is 10.0 Å². The first-order chi connectivity index (χ1) is 9.76. The second kappa shape index (κ2) is 5.88. The fourth-order valence-corrected chi connectivity index (χ4v) is 3.00. The lowest BCUT2D eigenvalue weighted by Crippen LogP contribution is -2.54. The first-order valence-electron chi connectivity index (χ1n) is 6.25. The summed E-state index contributed by atoms with van der Waals surface area (Å²) in [5, 5.41) is 2.28. The Labute approximate surface area is 127 Å². The molecule has 0 radical (unpaired) electrons. The average Bonchev–Trinajstić information content (AvgIpc) is 2.24. The molecule has 1 amide bonds. The SMILES string of the molecule is CC(=O)Nc1ccc(S(=O)(=O)NC(C)(C)C(C)(F)F)c(F)c1. The van der Waals surface area contributed by atoms with Crippen LogP contribution in [0.4, 0.5) is 18.9 Å². The number of anilines is 1. The zero-order valence-electron chi connectivity index (χ0n) is 12.5. The minimum absolute atomic E-state index is 0.0593. The van der Waals surface area contributed by atoms with Crippen LogP contribution in [0, 0.1) is 5.82 Å². The van der Waals surface area contributed by atoms with Gasteiger partial charge in [0.2, 0.25) is 15.9 Å². The molecule has 9 heteroatoms. The van der Waals surface area contributed by atoms with E-state index >= 15 is 0 Å². The number of carbonyl (C=O) groups is 1. The van der Waals surface area contributed by atoms with Crippen molar-refractivity contribution in [1.82, 2.24) is 4.72 Å². The molecule has 5 nitrogen and oxygen atoms in total. The van der Waals surface area contributed by atoms with Crippen molar-refractivity contribution in [3.8, 4) is 0 Å². The predicted octanol–water partition coefficient (Wildman–Crippen LogP) is 2.50. The number of amides is 1. The molecule has 1 rings (SSSR count). The molecule has 2 N–H and O–H groups in total. The maximum Gasteiger partial charge on any atom is 0.263 e. The molecule has 0 unspecified atom stereocenters. The Balaban J connectivity index is 3.17. The van der Waals surface area contributed by atoms with Crippen molar-refractivity contribution in [3.63, 3.8) is 0 Å². The van der Waals surface area contributed by atoms with Crippen LogP contribution in [-0.2, 0) is 14.8 Å². The number of alkyl halides is 2. The van der Waals surface area contributed by atoms with Crippen LogP contribution in [0.5, 0.6) is 0 Å². The van der Waals surface area contributed by atoms with E-state index in [1.54, 1.807) is 4.72 Å². The van der Waals surface area contributed by atoms with E-state index in [0.29, 0.717) is 6.92 Å². The molecule has 0 aliphatic heterocycles. The molecule has 1 aromatic rings. The van der Waals surface area contributed by atoms with E-state index in [4.69, 9.17) is 0 Å². The molecular formula is C13H17F3N2O3S. The summed E-state index contributed by atoms with van der Waals surface area (Å²) in [6, 6.07) is 2.86. The minimum atomic E-state index is -4.49. The highest BCUT2D eigenvalue weighted by Gasteiger charge is 2.45. The molecule has 0 saturated carbocycles. The Morgan fingerprint density at radius 3 is 2.14 bits per heavy atom.